The minimum atomic E-state index is -3.91. The van der Waals surface area contributed by atoms with Crippen LogP contribution in [-0.4, -0.2) is 26.7 Å². The zero-order chi connectivity index (χ0) is 13.4. The molecule has 2 rings (SSSR count). The van der Waals surface area contributed by atoms with Gasteiger partial charge >= 0.3 is 0 Å². The summed E-state index contributed by atoms with van der Waals surface area (Å²) in [5.74, 6) is -0.800. The summed E-state index contributed by atoms with van der Waals surface area (Å²) in [6, 6.07) is 3.99. The highest BCUT2D eigenvalue weighted by Crippen LogP contribution is 2.44. The lowest BCUT2D eigenvalue weighted by Crippen LogP contribution is -2.32. The van der Waals surface area contributed by atoms with Crippen LogP contribution in [0.4, 0.5) is 4.39 Å². The number of rotatable bonds is 5. The third kappa shape index (κ3) is 2.74. The van der Waals surface area contributed by atoms with Crippen molar-refractivity contribution in [2.45, 2.75) is 17.7 Å². The summed E-state index contributed by atoms with van der Waals surface area (Å²) in [6.45, 7) is 0.0700. The topological polar surface area (TPSA) is 66.4 Å². The molecule has 0 radical (unpaired) electrons. The molecule has 2 N–H and O–H groups in total. The number of aliphatic hydroxyl groups excluding tert-OH is 1. The molecule has 1 saturated carbocycles. The van der Waals surface area contributed by atoms with Crippen molar-refractivity contribution in [1.29, 1.82) is 0 Å². The first-order valence-electron chi connectivity index (χ1n) is 5.45. The van der Waals surface area contributed by atoms with Crippen LogP contribution < -0.4 is 4.72 Å². The molecule has 1 aromatic rings. The van der Waals surface area contributed by atoms with Gasteiger partial charge in [0.25, 0.3) is 0 Å². The molecule has 0 bridgehead atoms. The number of benzene rings is 1. The molecular weight excluding hydrogens is 325 g/mol. The lowest BCUT2D eigenvalue weighted by Gasteiger charge is -2.14. The number of sulfonamides is 1. The van der Waals surface area contributed by atoms with Crippen LogP contribution in [0.25, 0.3) is 0 Å². The molecule has 18 heavy (non-hydrogen) atoms. The number of aliphatic hydroxyl groups is 1. The summed E-state index contributed by atoms with van der Waals surface area (Å²) < 4.78 is 40.1. The molecule has 1 aromatic carbocycles. The van der Waals surface area contributed by atoms with Crippen LogP contribution in [0, 0.1) is 11.2 Å². The van der Waals surface area contributed by atoms with Crippen molar-refractivity contribution in [3.8, 4) is 0 Å². The summed E-state index contributed by atoms with van der Waals surface area (Å²) in [5.41, 5.74) is -0.356. The predicted octanol–water partition coefficient (Wildman–Crippen LogP) is 1.64. The van der Waals surface area contributed by atoms with Gasteiger partial charge in [0.05, 0.1) is 0 Å². The molecule has 1 fully saturated rings. The largest absolute Gasteiger partial charge is 0.396 e. The molecule has 0 aromatic heterocycles. The van der Waals surface area contributed by atoms with Crippen molar-refractivity contribution in [2.75, 3.05) is 13.2 Å². The van der Waals surface area contributed by atoms with Crippen molar-refractivity contribution in [3.63, 3.8) is 0 Å². The monoisotopic (exact) mass is 337 g/mol. The third-order valence-electron chi connectivity index (χ3n) is 3.12. The maximum absolute atomic E-state index is 13.6. The van der Waals surface area contributed by atoms with E-state index in [0.29, 0.717) is 0 Å². The highest BCUT2D eigenvalue weighted by atomic mass is 79.9. The molecule has 0 unspecified atom stereocenters. The molecule has 7 heteroatoms. The average Bonchev–Trinajstić information content (AvgIpc) is 3.07. The minimum absolute atomic E-state index is 0.0615. The molecule has 100 valence electrons. The van der Waals surface area contributed by atoms with Crippen molar-refractivity contribution in [3.05, 3.63) is 28.5 Å². The Labute approximate surface area is 113 Å². The Bertz CT molecular complexity index is 537. The fourth-order valence-electron chi connectivity index (χ4n) is 1.63. The van der Waals surface area contributed by atoms with Gasteiger partial charge in [-0.15, -0.1) is 0 Å². The zero-order valence-corrected chi connectivity index (χ0v) is 11.9. The van der Waals surface area contributed by atoms with Crippen LogP contribution in [0.2, 0.25) is 0 Å². The fraction of sp³-hybridized carbons (Fsp3) is 0.455. The highest BCUT2D eigenvalue weighted by molar-refractivity contribution is 9.10. The van der Waals surface area contributed by atoms with E-state index in [-0.39, 0.29) is 23.0 Å². The lowest BCUT2D eigenvalue weighted by molar-refractivity contribution is 0.213. The predicted molar refractivity (Wildman–Crippen MR) is 68.0 cm³/mol. The SMILES string of the molecule is O=S(=O)(NCC1(CO)CC1)c1c(F)cccc1Br. The van der Waals surface area contributed by atoms with Gasteiger partial charge in [0.1, 0.15) is 10.7 Å². The van der Waals surface area contributed by atoms with Gasteiger partial charge in [-0.1, -0.05) is 6.07 Å². The number of nitrogens with one attached hydrogen (secondary N) is 1. The quantitative estimate of drug-likeness (QED) is 0.858. The van der Waals surface area contributed by atoms with E-state index in [1.165, 1.54) is 12.1 Å². The first-order valence-corrected chi connectivity index (χ1v) is 7.72. The van der Waals surface area contributed by atoms with Crippen molar-refractivity contribution >= 4 is 26.0 Å². The zero-order valence-electron chi connectivity index (χ0n) is 9.49. The summed E-state index contributed by atoms with van der Waals surface area (Å²) in [4.78, 5) is -0.390. The fourth-order valence-corrected chi connectivity index (χ4v) is 3.90. The van der Waals surface area contributed by atoms with Crippen LogP contribution in [-0.2, 0) is 10.0 Å². The van der Waals surface area contributed by atoms with Gasteiger partial charge in [-0.05, 0) is 40.9 Å². The minimum Gasteiger partial charge on any atom is -0.396 e. The molecule has 0 atom stereocenters. The van der Waals surface area contributed by atoms with E-state index in [2.05, 4.69) is 20.7 Å². The van der Waals surface area contributed by atoms with E-state index in [4.69, 9.17) is 5.11 Å². The van der Waals surface area contributed by atoms with Gasteiger partial charge in [-0.25, -0.2) is 17.5 Å². The average molecular weight is 338 g/mol. The number of halogens is 2. The van der Waals surface area contributed by atoms with Crippen molar-refractivity contribution in [2.24, 2.45) is 5.41 Å². The number of hydrogen-bond donors (Lipinski definition) is 2. The summed E-state index contributed by atoms with van der Waals surface area (Å²) in [7, 11) is -3.91. The van der Waals surface area contributed by atoms with Gasteiger partial charge in [0.2, 0.25) is 10.0 Å². The Hall–Kier alpha value is -0.500. The van der Waals surface area contributed by atoms with Crippen LogP contribution in [0.5, 0.6) is 0 Å². The van der Waals surface area contributed by atoms with Gasteiger partial charge in [0.15, 0.2) is 0 Å². The van der Waals surface area contributed by atoms with Crippen molar-refractivity contribution < 1.29 is 17.9 Å². The smallest absolute Gasteiger partial charge is 0.244 e. The molecule has 0 saturated heterocycles. The van der Waals surface area contributed by atoms with Gasteiger partial charge in [-0.3, -0.25) is 0 Å². The summed E-state index contributed by atoms with van der Waals surface area (Å²) >= 11 is 3.03. The Morgan fingerprint density at radius 2 is 2.11 bits per heavy atom. The van der Waals surface area contributed by atoms with Crippen molar-refractivity contribution in [1.82, 2.24) is 4.72 Å². The van der Waals surface area contributed by atoms with Gasteiger partial charge in [0, 0.05) is 23.0 Å². The Morgan fingerprint density at radius 1 is 1.44 bits per heavy atom. The molecule has 0 amide bonds. The standard InChI is InChI=1S/C11H13BrFNO3S/c12-8-2-1-3-9(13)10(8)18(16,17)14-6-11(7-15)4-5-11/h1-3,14-15H,4-7H2. The maximum atomic E-state index is 13.6. The second-order valence-electron chi connectivity index (χ2n) is 4.53. The van der Waals surface area contributed by atoms with Gasteiger partial charge in [-0.2, -0.15) is 0 Å². The molecular formula is C11H13BrFNO3S. The Kier molecular flexibility index (Phi) is 3.77. The lowest BCUT2D eigenvalue weighted by atomic mass is 10.1. The van der Waals surface area contributed by atoms with E-state index < -0.39 is 20.7 Å². The van der Waals surface area contributed by atoms with Crippen LogP contribution >= 0.6 is 15.9 Å². The molecule has 0 aliphatic heterocycles. The van der Waals surface area contributed by atoms with E-state index in [0.717, 1.165) is 18.9 Å². The first kappa shape index (κ1) is 13.9. The molecule has 1 aliphatic rings. The summed E-state index contributed by atoms with van der Waals surface area (Å²) in [5, 5.41) is 9.11. The normalized spacial score (nSPS) is 17.7. The molecule has 1 aliphatic carbocycles. The van der Waals surface area contributed by atoms with Crippen LogP contribution in [0.1, 0.15) is 12.8 Å². The molecule has 0 spiro atoms. The van der Waals surface area contributed by atoms with E-state index in [1.54, 1.807) is 0 Å². The second kappa shape index (κ2) is 4.88. The van der Waals surface area contributed by atoms with Crippen LogP contribution in [0.15, 0.2) is 27.6 Å². The summed E-state index contributed by atoms with van der Waals surface area (Å²) in [6.07, 6.45) is 1.56. The van der Waals surface area contributed by atoms with E-state index >= 15 is 0 Å². The Morgan fingerprint density at radius 3 is 2.61 bits per heavy atom. The van der Waals surface area contributed by atoms with Crippen LogP contribution in [0.3, 0.4) is 0 Å². The first-order chi connectivity index (χ1) is 8.40. The molecule has 0 heterocycles. The Balaban J connectivity index is 2.21. The van der Waals surface area contributed by atoms with E-state index in [1.807, 2.05) is 0 Å². The highest BCUT2D eigenvalue weighted by Gasteiger charge is 2.43. The van der Waals surface area contributed by atoms with E-state index in [9.17, 15) is 12.8 Å². The number of hydrogen-bond acceptors (Lipinski definition) is 3. The maximum Gasteiger partial charge on any atom is 0.244 e. The third-order valence-corrected chi connectivity index (χ3v) is 5.52. The second-order valence-corrected chi connectivity index (χ2v) is 7.09. The molecule has 4 nitrogen and oxygen atoms in total. The van der Waals surface area contributed by atoms with Gasteiger partial charge < -0.3 is 5.11 Å².